The number of aromatic nitrogens is 2. The number of sulfone groups is 1. The first-order valence-electron chi connectivity index (χ1n) is 4.84. The van der Waals surface area contributed by atoms with Gasteiger partial charge in [-0.2, -0.15) is 5.10 Å². The van der Waals surface area contributed by atoms with Gasteiger partial charge in [0.2, 0.25) is 0 Å². The molecule has 1 heterocycles. The second-order valence-corrected chi connectivity index (χ2v) is 5.90. The predicted molar refractivity (Wildman–Crippen MR) is 62.9 cm³/mol. The van der Waals surface area contributed by atoms with Crippen LogP contribution in [0.1, 0.15) is 5.69 Å². The maximum Gasteiger partial charge on any atom is 0.151 e. The minimum absolute atomic E-state index is 0.101. The normalized spacial score (nSPS) is 11.4. The van der Waals surface area contributed by atoms with Crippen molar-refractivity contribution in [2.45, 2.75) is 6.54 Å². The summed E-state index contributed by atoms with van der Waals surface area (Å²) in [5.74, 6) is 0.741. The van der Waals surface area contributed by atoms with Gasteiger partial charge < -0.3 is 10.6 Å². The van der Waals surface area contributed by atoms with Crippen molar-refractivity contribution in [2.24, 2.45) is 5.73 Å². The molecular weight excluding hydrogens is 228 g/mol. The van der Waals surface area contributed by atoms with Gasteiger partial charge in [-0.25, -0.2) is 8.42 Å². The van der Waals surface area contributed by atoms with E-state index in [0.717, 1.165) is 0 Å². The molecule has 0 radical (unpaired) electrons. The molecule has 0 saturated heterocycles. The Labute approximate surface area is 95.4 Å². The molecule has 0 atom stereocenters. The molecule has 0 aliphatic carbocycles. The lowest BCUT2D eigenvalue weighted by molar-refractivity contribution is 0.601. The Bertz CT molecular complexity index is 429. The zero-order valence-corrected chi connectivity index (χ0v) is 10.2. The van der Waals surface area contributed by atoms with Gasteiger partial charge in [0.15, 0.2) is 5.82 Å². The van der Waals surface area contributed by atoms with Gasteiger partial charge in [-0.15, -0.1) is 5.10 Å². The van der Waals surface area contributed by atoms with Crippen LogP contribution in [0.5, 0.6) is 0 Å². The molecule has 0 spiro atoms. The van der Waals surface area contributed by atoms with Gasteiger partial charge in [0.05, 0.1) is 11.4 Å². The summed E-state index contributed by atoms with van der Waals surface area (Å²) < 4.78 is 22.0. The van der Waals surface area contributed by atoms with Crippen LogP contribution in [-0.2, 0) is 16.4 Å². The number of anilines is 1. The van der Waals surface area contributed by atoms with Crippen LogP contribution in [0, 0.1) is 0 Å². The summed E-state index contributed by atoms with van der Waals surface area (Å²) in [5, 5.41) is 7.85. The van der Waals surface area contributed by atoms with E-state index in [9.17, 15) is 8.42 Å². The predicted octanol–water partition coefficient (Wildman–Crippen LogP) is -0.584. The van der Waals surface area contributed by atoms with Gasteiger partial charge in [0.25, 0.3) is 0 Å². The fraction of sp³-hybridized carbons (Fsp3) is 0.556. The first-order chi connectivity index (χ1) is 7.42. The van der Waals surface area contributed by atoms with E-state index < -0.39 is 9.84 Å². The lowest BCUT2D eigenvalue weighted by atomic mass is 10.4. The zero-order chi connectivity index (χ0) is 12.2. The maximum absolute atomic E-state index is 11.0. The molecule has 16 heavy (non-hydrogen) atoms. The molecule has 90 valence electrons. The molecule has 0 amide bonds. The molecular formula is C9H16N4O2S. The van der Waals surface area contributed by atoms with Crippen LogP contribution in [0.15, 0.2) is 12.1 Å². The van der Waals surface area contributed by atoms with Crippen LogP contribution in [0.2, 0.25) is 0 Å². The Kier molecular flexibility index (Phi) is 4.19. The average Bonchev–Trinajstić information content (AvgIpc) is 2.25. The number of nitrogens with zero attached hydrogens (tertiary/aromatic N) is 3. The van der Waals surface area contributed by atoms with Crippen molar-refractivity contribution in [2.75, 3.05) is 30.5 Å². The minimum Gasteiger partial charge on any atom is -0.357 e. The summed E-state index contributed by atoms with van der Waals surface area (Å²) in [4.78, 5) is 1.74. The van der Waals surface area contributed by atoms with Crippen molar-refractivity contribution in [1.29, 1.82) is 0 Å². The summed E-state index contributed by atoms with van der Waals surface area (Å²) in [6, 6.07) is 3.55. The van der Waals surface area contributed by atoms with Gasteiger partial charge in [-0.3, -0.25) is 0 Å². The van der Waals surface area contributed by atoms with Crippen LogP contribution in [0.4, 0.5) is 5.82 Å². The van der Waals surface area contributed by atoms with Crippen LogP contribution < -0.4 is 10.6 Å². The first-order valence-corrected chi connectivity index (χ1v) is 6.90. The number of hydrogen-bond donors (Lipinski definition) is 1. The summed E-state index contributed by atoms with van der Waals surface area (Å²) >= 11 is 0. The molecule has 0 fully saturated rings. The van der Waals surface area contributed by atoms with Crippen LogP contribution in [-0.4, -0.2) is 44.2 Å². The molecule has 0 aliphatic heterocycles. The van der Waals surface area contributed by atoms with E-state index in [1.807, 2.05) is 0 Å². The van der Waals surface area contributed by atoms with E-state index in [-0.39, 0.29) is 5.75 Å². The maximum atomic E-state index is 11.0. The summed E-state index contributed by atoms with van der Waals surface area (Å²) in [7, 11) is -1.17. The fourth-order valence-corrected chi connectivity index (χ4v) is 1.69. The molecule has 0 aliphatic rings. The molecule has 0 aromatic carbocycles. The first kappa shape index (κ1) is 12.9. The molecule has 0 unspecified atom stereocenters. The van der Waals surface area contributed by atoms with Crippen molar-refractivity contribution in [1.82, 2.24) is 10.2 Å². The van der Waals surface area contributed by atoms with Crippen LogP contribution in [0.25, 0.3) is 0 Å². The molecule has 1 aromatic heterocycles. The zero-order valence-electron chi connectivity index (χ0n) is 9.42. The topological polar surface area (TPSA) is 89.2 Å². The molecule has 7 heteroatoms. The lowest BCUT2D eigenvalue weighted by Gasteiger charge is -2.16. The molecule has 6 nitrogen and oxygen atoms in total. The Morgan fingerprint density at radius 2 is 2.06 bits per heavy atom. The van der Waals surface area contributed by atoms with Gasteiger partial charge in [-0.1, -0.05) is 0 Å². The number of hydrogen-bond acceptors (Lipinski definition) is 6. The quantitative estimate of drug-likeness (QED) is 0.745. The van der Waals surface area contributed by atoms with E-state index in [2.05, 4.69) is 10.2 Å². The molecule has 1 aromatic rings. The Morgan fingerprint density at radius 3 is 2.50 bits per heavy atom. The van der Waals surface area contributed by atoms with Crippen LogP contribution in [0.3, 0.4) is 0 Å². The third kappa shape index (κ3) is 4.11. The van der Waals surface area contributed by atoms with Crippen molar-refractivity contribution in [3.05, 3.63) is 17.8 Å². The second kappa shape index (κ2) is 5.22. The monoisotopic (exact) mass is 244 g/mol. The smallest absolute Gasteiger partial charge is 0.151 e. The highest BCUT2D eigenvalue weighted by atomic mass is 32.2. The number of nitrogens with two attached hydrogens (primary N) is 1. The van der Waals surface area contributed by atoms with Gasteiger partial charge >= 0.3 is 0 Å². The van der Waals surface area contributed by atoms with Crippen LogP contribution >= 0.6 is 0 Å². The second-order valence-electron chi connectivity index (χ2n) is 3.64. The summed E-state index contributed by atoms with van der Waals surface area (Å²) in [6.07, 6.45) is 1.21. The standard InChI is InChI=1S/C9H16N4O2S/c1-13(5-6-16(2,14)15)9-4-3-8(7-10)11-12-9/h3-4H,5-7,10H2,1-2H3. The highest BCUT2D eigenvalue weighted by Gasteiger charge is 2.07. The van der Waals surface area contributed by atoms with Crippen molar-refractivity contribution >= 4 is 15.7 Å². The largest absolute Gasteiger partial charge is 0.357 e. The fourth-order valence-electron chi connectivity index (χ4n) is 1.08. The summed E-state index contributed by atoms with van der Waals surface area (Å²) in [5.41, 5.74) is 6.10. The van der Waals surface area contributed by atoms with Gasteiger partial charge in [-0.05, 0) is 12.1 Å². The summed E-state index contributed by atoms with van der Waals surface area (Å²) in [6.45, 7) is 0.746. The van der Waals surface area contributed by atoms with Crippen molar-refractivity contribution in [3.63, 3.8) is 0 Å². The Hall–Kier alpha value is -1.21. The van der Waals surface area contributed by atoms with E-state index in [1.165, 1.54) is 6.26 Å². The Balaban J connectivity index is 2.62. The van der Waals surface area contributed by atoms with E-state index >= 15 is 0 Å². The third-order valence-corrected chi connectivity index (χ3v) is 3.03. The van der Waals surface area contributed by atoms with Crippen molar-refractivity contribution < 1.29 is 8.42 Å². The van der Waals surface area contributed by atoms with Gasteiger partial charge in [0.1, 0.15) is 9.84 Å². The highest BCUT2D eigenvalue weighted by molar-refractivity contribution is 7.90. The van der Waals surface area contributed by atoms with Gasteiger partial charge in [0, 0.05) is 26.4 Å². The van der Waals surface area contributed by atoms with Crippen molar-refractivity contribution in [3.8, 4) is 0 Å². The minimum atomic E-state index is -2.95. The SMILES string of the molecule is CN(CCS(C)(=O)=O)c1ccc(CN)nn1. The van der Waals surface area contributed by atoms with E-state index in [4.69, 9.17) is 5.73 Å². The molecule has 0 bridgehead atoms. The molecule has 0 saturated carbocycles. The highest BCUT2D eigenvalue weighted by Crippen LogP contribution is 2.06. The molecule has 2 N–H and O–H groups in total. The molecule has 1 rings (SSSR count). The Morgan fingerprint density at radius 1 is 1.38 bits per heavy atom. The third-order valence-electron chi connectivity index (χ3n) is 2.10. The lowest BCUT2D eigenvalue weighted by Crippen LogP contribution is -2.26. The number of rotatable bonds is 5. The van der Waals surface area contributed by atoms with E-state index in [0.29, 0.717) is 24.6 Å². The average molecular weight is 244 g/mol. The van der Waals surface area contributed by atoms with E-state index in [1.54, 1.807) is 24.1 Å².